The number of primary amides is 1. The molecule has 3 N–H and O–H groups in total. The van der Waals surface area contributed by atoms with Crippen molar-refractivity contribution in [3.05, 3.63) is 54.1 Å². The summed E-state index contributed by atoms with van der Waals surface area (Å²) in [5.41, 5.74) is 6.21. The van der Waals surface area contributed by atoms with Crippen LogP contribution in [0.5, 0.6) is 5.75 Å². The third-order valence-electron chi connectivity index (χ3n) is 3.18. The van der Waals surface area contributed by atoms with Crippen molar-refractivity contribution < 1.29 is 14.3 Å². The summed E-state index contributed by atoms with van der Waals surface area (Å²) in [6, 6.07) is 14.0. The summed E-state index contributed by atoms with van der Waals surface area (Å²) in [6.45, 7) is 1.84. The van der Waals surface area contributed by atoms with Gasteiger partial charge in [-0.1, -0.05) is 0 Å². The van der Waals surface area contributed by atoms with E-state index in [4.69, 9.17) is 10.5 Å². The minimum atomic E-state index is -0.494. The van der Waals surface area contributed by atoms with Crippen LogP contribution in [0.3, 0.4) is 0 Å². The first-order valence-electron chi connectivity index (χ1n) is 7.01. The standard InChI is InChI=1S/C17H18N2O3S/c1-11(23-15-9-7-14(22-2)8-10-15)17(21)19-13-5-3-12(4-6-13)16(18)20/h3-11H,1-2H3,(H2,18,20)(H,19,21)/t11-/m0/s1. The van der Waals surface area contributed by atoms with E-state index >= 15 is 0 Å². The van der Waals surface area contributed by atoms with Gasteiger partial charge in [0, 0.05) is 16.1 Å². The SMILES string of the molecule is COc1ccc(S[C@@H](C)C(=O)Nc2ccc(C(N)=O)cc2)cc1. The molecule has 0 aliphatic rings. The highest BCUT2D eigenvalue weighted by atomic mass is 32.2. The van der Waals surface area contributed by atoms with Crippen LogP contribution in [0.25, 0.3) is 0 Å². The molecular formula is C17H18N2O3S. The summed E-state index contributed by atoms with van der Waals surface area (Å²) in [7, 11) is 1.61. The van der Waals surface area contributed by atoms with E-state index in [0.29, 0.717) is 11.3 Å². The summed E-state index contributed by atoms with van der Waals surface area (Å²) in [5, 5.41) is 2.55. The van der Waals surface area contributed by atoms with E-state index in [1.165, 1.54) is 11.8 Å². The Morgan fingerprint density at radius 2 is 1.70 bits per heavy atom. The van der Waals surface area contributed by atoms with Gasteiger partial charge in [0.1, 0.15) is 5.75 Å². The Bertz CT molecular complexity index is 684. The van der Waals surface area contributed by atoms with E-state index in [9.17, 15) is 9.59 Å². The molecular weight excluding hydrogens is 312 g/mol. The molecule has 2 rings (SSSR count). The average Bonchev–Trinajstić information content (AvgIpc) is 2.56. The summed E-state index contributed by atoms with van der Waals surface area (Å²) >= 11 is 1.46. The Morgan fingerprint density at radius 1 is 1.09 bits per heavy atom. The topological polar surface area (TPSA) is 81.4 Å². The Balaban J connectivity index is 1.94. The van der Waals surface area contributed by atoms with Crippen LogP contribution < -0.4 is 15.8 Å². The zero-order valence-electron chi connectivity index (χ0n) is 12.9. The molecule has 2 aromatic rings. The van der Waals surface area contributed by atoms with Crippen molar-refractivity contribution in [1.29, 1.82) is 0 Å². The van der Waals surface area contributed by atoms with Crippen molar-refractivity contribution in [2.24, 2.45) is 5.73 Å². The molecule has 0 fully saturated rings. The lowest BCUT2D eigenvalue weighted by Gasteiger charge is -2.12. The fraction of sp³-hybridized carbons (Fsp3) is 0.176. The van der Waals surface area contributed by atoms with Crippen LogP contribution in [0.4, 0.5) is 5.69 Å². The fourth-order valence-electron chi connectivity index (χ4n) is 1.87. The Hall–Kier alpha value is -2.47. The number of nitrogens with two attached hydrogens (primary N) is 1. The molecule has 0 aromatic heterocycles. The molecule has 0 radical (unpaired) electrons. The molecule has 0 aliphatic heterocycles. The first-order chi connectivity index (χ1) is 11.0. The number of hydrogen-bond donors (Lipinski definition) is 2. The molecule has 0 bridgehead atoms. The van der Waals surface area contributed by atoms with Crippen molar-refractivity contribution in [2.75, 3.05) is 12.4 Å². The van der Waals surface area contributed by atoms with Gasteiger partial charge < -0.3 is 15.8 Å². The molecule has 0 aliphatic carbocycles. The van der Waals surface area contributed by atoms with Crippen LogP contribution in [0.15, 0.2) is 53.4 Å². The Labute approximate surface area is 139 Å². The van der Waals surface area contributed by atoms with E-state index in [0.717, 1.165) is 10.6 Å². The average molecular weight is 330 g/mol. The van der Waals surface area contributed by atoms with Crippen LogP contribution in [-0.4, -0.2) is 24.2 Å². The monoisotopic (exact) mass is 330 g/mol. The maximum absolute atomic E-state index is 12.2. The lowest BCUT2D eigenvalue weighted by molar-refractivity contribution is -0.115. The molecule has 2 amide bonds. The van der Waals surface area contributed by atoms with Crippen molar-refractivity contribution in [2.45, 2.75) is 17.1 Å². The highest BCUT2D eigenvalue weighted by Gasteiger charge is 2.14. The largest absolute Gasteiger partial charge is 0.497 e. The summed E-state index contributed by atoms with van der Waals surface area (Å²) in [4.78, 5) is 24.2. The lowest BCUT2D eigenvalue weighted by Crippen LogP contribution is -2.22. The van der Waals surface area contributed by atoms with Crippen LogP contribution in [0.2, 0.25) is 0 Å². The number of hydrogen-bond acceptors (Lipinski definition) is 4. The molecule has 0 saturated heterocycles. The number of ether oxygens (including phenoxy) is 1. The van der Waals surface area contributed by atoms with Gasteiger partial charge in [-0.25, -0.2) is 0 Å². The summed E-state index contributed by atoms with van der Waals surface area (Å²) < 4.78 is 5.11. The molecule has 120 valence electrons. The molecule has 0 heterocycles. The number of thioether (sulfide) groups is 1. The van der Waals surface area contributed by atoms with Gasteiger partial charge in [-0.05, 0) is 55.5 Å². The van der Waals surface area contributed by atoms with Gasteiger partial charge in [0.2, 0.25) is 11.8 Å². The van der Waals surface area contributed by atoms with E-state index in [2.05, 4.69) is 5.32 Å². The molecule has 1 atom stereocenters. The van der Waals surface area contributed by atoms with Crippen LogP contribution >= 0.6 is 11.8 Å². The zero-order valence-corrected chi connectivity index (χ0v) is 13.7. The number of rotatable bonds is 6. The molecule has 5 nitrogen and oxygen atoms in total. The lowest BCUT2D eigenvalue weighted by atomic mass is 10.2. The second-order valence-electron chi connectivity index (χ2n) is 4.87. The normalized spacial score (nSPS) is 11.6. The maximum Gasteiger partial charge on any atom is 0.248 e. The third-order valence-corrected chi connectivity index (χ3v) is 4.29. The quantitative estimate of drug-likeness (QED) is 0.798. The van der Waals surface area contributed by atoms with Crippen molar-refractivity contribution >= 4 is 29.3 Å². The number of benzene rings is 2. The number of nitrogens with one attached hydrogen (secondary N) is 1. The second-order valence-corrected chi connectivity index (χ2v) is 6.28. The zero-order chi connectivity index (χ0) is 16.8. The number of amides is 2. The van der Waals surface area contributed by atoms with Gasteiger partial charge in [0.15, 0.2) is 0 Å². The van der Waals surface area contributed by atoms with Crippen molar-refractivity contribution in [3.8, 4) is 5.75 Å². The summed E-state index contributed by atoms with van der Waals surface area (Å²) in [6.07, 6.45) is 0. The first-order valence-corrected chi connectivity index (χ1v) is 7.89. The fourth-order valence-corrected chi connectivity index (χ4v) is 2.74. The van der Waals surface area contributed by atoms with E-state index in [-0.39, 0.29) is 11.2 Å². The Kier molecular flexibility index (Phi) is 5.65. The summed E-state index contributed by atoms with van der Waals surface area (Å²) in [5.74, 6) is 0.171. The van der Waals surface area contributed by atoms with E-state index < -0.39 is 5.91 Å². The van der Waals surface area contributed by atoms with Crippen LogP contribution in [0, 0.1) is 0 Å². The molecule has 0 saturated carbocycles. The van der Waals surface area contributed by atoms with Crippen molar-refractivity contribution in [3.63, 3.8) is 0 Å². The Morgan fingerprint density at radius 3 is 2.22 bits per heavy atom. The van der Waals surface area contributed by atoms with Crippen LogP contribution in [0.1, 0.15) is 17.3 Å². The molecule has 0 unspecified atom stereocenters. The number of methoxy groups -OCH3 is 1. The predicted octanol–water partition coefficient (Wildman–Crippen LogP) is 2.91. The number of carbonyl (C=O) groups excluding carboxylic acids is 2. The maximum atomic E-state index is 12.2. The predicted molar refractivity (Wildman–Crippen MR) is 91.9 cm³/mol. The third kappa shape index (κ3) is 4.75. The van der Waals surface area contributed by atoms with E-state index in [1.807, 2.05) is 31.2 Å². The highest BCUT2D eigenvalue weighted by molar-refractivity contribution is 8.00. The van der Waals surface area contributed by atoms with Gasteiger partial charge in [-0.3, -0.25) is 9.59 Å². The highest BCUT2D eigenvalue weighted by Crippen LogP contribution is 2.26. The molecule has 0 spiro atoms. The minimum Gasteiger partial charge on any atom is -0.497 e. The first kappa shape index (κ1) is 16.9. The van der Waals surface area contributed by atoms with Crippen LogP contribution in [-0.2, 0) is 4.79 Å². The minimum absolute atomic E-state index is 0.113. The van der Waals surface area contributed by atoms with Gasteiger partial charge in [0.05, 0.1) is 12.4 Å². The number of carbonyl (C=O) groups is 2. The van der Waals surface area contributed by atoms with E-state index in [1.54, 1.807) is 31.4 Å². The number of anilines is 1. The second kappa shape index (κ2) is 7.69. The molecule has 2 aromatic carbocycles. The van der Waals surface area contributed by atoms with Gasteiger partial charge in [0.25, 0.3) is 0 Å². The molecule has 23 heavy (non-hydrogen) atoms. The smallest absolute Gasteiger partial charge is 0.248 e. The van der Waals surface area contributed by atoms with Gasteiger partial charge in [-0.15, -0.1) is 11.8 Å². The van der Waals surface area contributed by atoms with Crippen molar-refractivity contribution in [1.82, 2.24) is 0 Å². The molecule has 6 heteroatoms. The van der Waals surface area contributed by atoms with Gasteiger partial charge in [-0.2, -0.15) is 0 Å². The van der Waals surface area contributed by atoms with Gasteiger partial charge >= 0.3 is 0 Å².